The number of hydrogen-bond acceptors (Lipinski definition) is 2. The molecule has 1 heterocycles. The average molecular weight is 462 g/mol. The van der Waals surface area contributed by atoms with Gasteiger partial charge in [-0.25, -0.2) is 0 Å². The molecule has 3 nitrogen and oxygen atoms in total. The molecule has 1 saturated carbocycles. The van der Waals surface area contributed by atoms with Gasteiger partial charge in [0.05, 0.1) is 0 Å². The van der Waals surface area contributed by atoms with E-state index in [-0.39, 0.29) is 0 Å². The monoisotopic (exact) mass is 461 g/mol. The zero-order valence-electron chi connectivity index (χ0n) is 19.7. The fraction of sp³-hybridized carbons (Fsp3) is 0.519. The highest BCUT2D eigenvalue weighted by Crippen LogP contribution is 2.35. The second kappa shape index (κ2) is 11.7. The molecule has 0 aliphatic heterocycles. The molecule has 180 valence electrons. The summed E-state index contributed by atoms with van der Waals surface area (Å²) in [4.78, 5) is 5.03. The summed E-state index contributed by atoms with van der Waals surface area (Å²) in [5.41, 5.74) is 2.51. The Kier molecular flexibility index (Phi) is 8.95. The van der Waals surface area contributed by atoms with Crippen LogP contribution >= 0.6 is 0 Å². The first-order valence-electron chi connectivity index (χ1n) is 12.2. The number of unbranched alkanes of at least 4 members (excludes halogenated alkanes) is 1. The third kappa shape index (κ3) is 7.07. The van der Waals surface area contributed by atoms with E-state index in [0.717, 1.165) is 68.9 Å². The molecule has 2 N–H and O–H groups in total. The number of aryl methyl sites for hydroxylation is 1. The van der Waals surface area contributed by atoms with Crippen LogP contribution in [-0.2, 0) is 12.6 Å². The van der Waals surface area contributed by atoms with Crippen LogP contribution < -0.4 is 4.98 Å². The number of alkyl halides is 3. The fourth-order valence-electron chi connectivity index (χ4n) is 4.62. The standard InChI is InChI=1S/C27H35F3N2O/c1-3-32(4-2)18-8-7-9-20-12-14-22(15-13-20)23(19-21-10-5-6-11-21)25-17-16-24(26(33)31-25)27(28,29)30/h12-17,19,21H,3-11,18H2,1-2H3,(H,31,33)/p+1/b23-19+. The van der Waals surface area contributed by atoms with Crippen molar-refractivity contribution in [3.05, 3.63) is 64.9 Å². The minimum atomic E-state index is -4.60. The minimum absolute atomic E-state index is 0.401. The molecule has 33 heavy (non-hydrogen) atoms. The van der Waals surface area contributed by atoms with Crippen molar-refractivity contribution in [2.45, 2.75) is 65.0 Å². The van der Waals surface area contributed by atoms with E-state index in [1.165, 1.54) is 24.5 Å². The van der Waals surface area contributed by atoms with Crippen LogP contribution in [0.4, 0.5) is 13.2 Å². The maximum atomic E-state index is 13.1. The molecule has 0 unspecified atom stereocenters. The van der Waals surface area contributed by atoms with Crippen molar-refractivity contribution >= 4 is 5.57 Å². The molecule has 1 aliphatic carbocycles. The van der Waals surface area contributed by atoms with Crippen molar-refractivity contribution in [1.82, 2.24) is 4.90 Å². The third-order valence-electron chi connectivity index (χ3n) is 6.67. The van der Waals surface area contributed by atoms with Gasteiger partial charge >= 0.3 is 12.1 Å². The Morgan fingerprint density at radius 2 is 1.70 bits per heavy atom. The number of pyridine rings is 1. The maximum Gasteiger partial charge on any atom is 0.426 e. The summed E-state index contributed by atoms with van der Waals surface area (Å²) in [6.07, 6.45) is 5.37. The highest BCUT2D eigenvalue weighted by atomic mass is 19.4. The Labute approximate surface area is 195 Å². The van der Waals surface area contributed by atoms with E-state index in [9.17, 15) is 18.3 Å². The molecule has 0 radical (unpaired) electrons. The number of allylic oxidation sites excluding steroid dienone is 1. The number of H-pyrrole nitrogens is 1. The molecule has 1 aromatic carbocycles. The van der Waals surface area contributed by atoms with Crippen LogP contribution in [0.3, 0.4) is 0 Å². The van der Waals surface area contributed by atoms with Gasteiger partial charge in [0.2, 0.25) is 5.69 Å². The maximum absolute atomic E-state index is 13.1. The second-order valence-electron chi connectivity index (χ2n) is 8.94. The predicted octanol–water partition coefficient (Wildman–Crippen LogP) is 6.51. The Bertz CT molecular complexity index is 912. The van der Waals surface area contributed by atoms with Crippen LogP contribution in [0.2, 0.25) is 0 Å². The number of aromatic amines is 1. The normalized spacial score (nSPS) is 15.5. The average Bonchev–Trinajstić information content (AvgIpc) is 3.30. The Balaban J connectivity index is 1.77. The smallest absolute Gasteiger partial charge is 0.426 e. The van der Waals surface area contributed by atoms with Crippen molar-refractivity contribution in [3.63, 3.8) is 0 Å². The molecule has 2 aromatic rings. The van der Waals surface area contributed by atoms with E-state index < -0.39 is 17.6 Å². The first-order valence-corrected chi connectivity index (χ1v) is 12.2. The van der Waals surface area contributed by atoms with Crippen LogP contribution in [0.15, 0.2) is 42.5 Å². The minimum Gasteiger partial charge on any atom is -0.459 e. The van der Waals surface area contributed by atoms with Gasteiger partial charge in [-0.1, -0.05) is 57.0 Å². The summed E-state index contributed by atoms with van der Waals surface area (Å²) < 4.78 is 39.3. The molecule has 0 saturated heterocycles. The van der Waals surface area contributed by atoms with Gasteiger partial charge in [-0.15, -0.1) is 0 Å². The quantitative estimate of drug-likeness (QED) is 0.410. The molecular formula is C27H36F3N2O+. The fourth-order valence-corrected chi connectivity index (χ4v) is 4.62. The number of benzene rings is 1. The van der Waals surface area contributed by atoms with Gasteiger partial charge < -0.3 is 10.0 Å². The molecule has 3 rings (SSSR count). The van der Waals surface area contributed by atoms with Crippen molar-refractivity contribution in [2.24, 2.45) is 5.92 Å². The third-order valence-corrected chi connectivity index (χ3v) is 6.67. The van der Waals surface area contributed by atoms with Gasteiger partial charge in [-0.05, 0) is 74.8 Å². The zero-order valence-corrected chi connectivity index (χ0v) is 19.7. The van der Waals surface area contributed by atoms with Gasteiger partial charge in [-0.2, -0.15) is 18.2 Å². The highest BCUT2D eigenvalue weighted by molar-refractivity contribution is 5.77. The number of aromatic hydroxyl groups is 1. The first kappa shape index (κ1) is 25.3. The second-order valence-corrected chi connectivity index (χ2v) is 8.94. The predicted molar refractivity (Wildman–Crippen MR) is 126 cm³/mol. The van der Waals surface area contributed by atoms with Crippen molar-refractivity contribution < 1.29 is 23.3 Å². The number of hydrogen-bond donors (Lipinski definition) is 1. The number of halogens is 3. The van der Waals surface area contributed by atoms with Gasteiger partial charge in [-0.3, -0.25) is 0 Å². The first-order chi connectivity index (χ1) is 15.8. The molecular weight excluding hydrogens is 425 g/mol. The number of rotatable bonds is 10. The van der Waals surface area contributed by atoms with E-state index in [0.29, 0.717) is 11.6 Å². The zero-order chi connectivity index (χ0) is 23.8. The van der Waals surface area contributed by atoms with E-state index >= 15 is 0 Å². The molecule has 1 aliphatic rings. The Morgan fingerprint density at radius 3 is 2.27 bits per heavy atom. The topological polar surface area (TPSA) is 37.6 Å². The van der Waals surface area contributed by atoms with Crippen molar-refractivity contribution in [1.29, 1.82) is 0 Å². The molecule has 0 atom stereocenters. The summed E-state index contributed by atoms with van der Waals surface area (Å²) in [7, 11) is 0. The summed E-state index contributed by atoms with van der Waals surface area (Å²) in [5, 5.41) is 10.0. The van der Waals surface area contributed by atoms with E-state index in [4.69, 9.17) is 0 Å². The van der Waals surface area contributed by atoms with Crippen LogP contribution in [-0.4, -0.2) is 29.6 Å². The molecule has 0 amide bonds. The van der Waals surface area contributed by atoms with Gasteiger partial charge in [0, 0.05) is 11.6 Å². The van der Waals surface area contributed by atoms with Crippen LogP contribution in [0.1, 0.15) is 74.8 Å². The van der Waals surface area contributed by atoms with Crippen molar-refractivity contribution in [3.8, 4) is 5.88 Å². The Hall–Kier alpha value is -2.34. The summed E-state index contributed by atoms with van der Waals surface area (Å²) in [6, 6.07) is 10.7. The molecule has 0 spiro atoms. The molecule has 0 bridgehead atoms. The van der Waals surface area contributed by atoms with Crippen LogP contribution in [0, 0.1) is 5.92 Å². The van der Waals surface area contributed by atoms with Gasteiger partial charge in [0.1, 0.15) is 0 Å². The highest BCUT2D eigenvalue weighted by Gasteiger charge is 2.38. The molecule has 1 aromatic heterocycles. The van der Waals surface area contributed by atoms with Crippen LogP contribution in [0.5, 0.6) is 5.88 Å². The van der Waals surface area contributed by atoms with E-state index in [1.807, 2.05) is 12.1 Å². The summed E-state index contributed by atoms with van der Waals surface area (Å²) in [6.45, 7) is 7.65. The number of nitrogens with zero attached hydrogens (tertiary/aromatic N) is 1. The largest absolute Gasteiger partial charge is 0.459 e. The van der Waals surface area contributed by atoms with E-state index in [2.05, 4.69) is 41.9 Å². The van der Waals surface area contributed by atoms with Crippen molar-refractivity contribution in [2.75, 3.05) is 19.6 Å². The van der Waals surface area contributed by atoms with Crippen LogP contribution in [0.25, 0.3) is 5.57 Å². The lowest BCUT2D eigenvalue weighted by molar-refractivity contribution is -0.401. The lowest BCUT2D eigenvalue weighted by Gasteiger charge is -2.17. The molecule has 1 fully saturated rings. The lowest BCUT2D eigenvalue weighted by Crippen LogP contribution is -2.23. The lowest BCUT2D eigenvalue weighted by atomic mass is 9.94. The van der Waals surface area contributed by atoms with Gasteiger partial charge in [0.25, 0.3) is 0 Å². The number of aromatic nitrogens is 1. The summed E-state index contributed by atoms with van der Waals surface area (Å²) >= 11 is 0. The van der Waals surface area contributed by atoms with Gasteiger partial charge in [0.15, 0.2) is 5.56 Å². The molecule has 6 heteroatoms. The Morgan fingerprint density at radius 1 is 1.03 bits per heavy atom. The summed E-state index contributed by atoms with van der Waals surface area (Å²) in [5.74, 6) is -0.445. The SMILES string of the molecule is CCN(CC)CCCCc1ccc(/C(=C\C2CCCC2)c2ccc(C(F)(F)F)c(O)[nH+]2)cc1. The van der Waals surface area contributed by atoms with E-state index in [1.54, 1.807) is 0 Å². The number of nitrogens with one attached hydrogen (secondary N) is 1.